The van der Waals surface area contributed by atoms with Crippen LogP contribution < -0.4 is 0 Å². The fourth-order valence-corrected chi connectivity index (χ4v) is 4.18. The fraction of sp³-hybridized carbons (Fsp3) is 0.733. The lowest BCUT2D eigenvalue weighted by Crippen LogP contribution is -2.55. The molecule has 116 valence electrons. The molecule has 2 aliphatic carbocycles. The zero-order valence-corrected chi connectivity index (χ0v) is 12.2. The second-order valence-electron chi connectivity index (χ2n) is 5.92. The van der Waals surface area contributed by atoms with E-state index < -0.39 is 29.1 Å². The van der Waals surface area contributed by atoms with Gasteiger partial charge in [-0.25, -0.2) is 0 Å². The van der Waals surface area contributed by atoms with Crippen LogP contribution in [0.4, 0.5) is 0 Å². The average Bonchev–Trinajstić information content (AvgIpc) is 2.80. The number of methoxy groups -OCH3 is 1. The van der Waals surface area contributed by atoms with E-state index >= 15 is 0 Å². The van der Waals surface area contributed by atoms with Gasteiger partial charge < -0.3 is 19.3 Å². The van der Waals surface area contributed by atoms with Crippen molar-refractivity contribution in [3.8, 4) is 0 Å². The first-order valence-electron chi connectivity index (χ1n) is 7.30. The normalized spacial score (nSPS) is 44.1. The third-order valence-electron chi connectivity index (χ3n) is 5.09. The molecule has 0 aromatic heterocycles. The van der Waals surface area contributed by atoms with Crippen LogP contribution >= 0.6 is 0 Å². The lowest BCUT2D eigenvalue weighted by molar-refractivity contribution is -0.163. The largest absolute Gasteiger partial charge is 0.465 e. The summed E-state index contributed by atoms with van der Waals surface area (Å²) in [6, 6.07) is 0. The van der Waals surface area contributed by atoms with E-state index in [1.54, 1.807) is 14.0 Å². The number of hydrogen-bond acceptors (Lipinski definition) is 6. The monoisotopic (exact) mass is 296 g/mol. The summed E-state index contributed by atoms with van der Waals surface area (Å²) in [5.74, 6) is -2.83. The molecule has 6 nitrogen and oxygen atoms in total. The predicted molar refractivity (Wildman–Crippen MR) is 71.2 cm³/mol. The van der Waals surface area contributed by atoms with Crippen molar-refractivity contribution in [3.05, 3.63) is 12.2 Å². The molecule has 1 unspecified atom stereocenters. The molecule has 1 saturated heterocycles. The fourth-order valence-electron chi connectivity index (χ4n) is 4.18. The molecular weight excluding hydrogens is 276 g/mol. The molecule has 1 saturated carbocycles. The van der Waals surface area contributed by atoms with E-state index in [4.69, 9.17) is 14.2 Å². The van der Waals surface area contributed by atoms with Crippen LogP contribution in [0.25, 0.3) is 0 Å². The topological polar surface area (TPSA) is 82.1 Å². The maximum absolute atomic E-state index is 12.2. The van der Waals surface area contributed by atoms with Crippen molar-refractivity contribution in [2.75, 3.05) is 13.7 Å². The van der Waals surface area contributed by atoms with Gasteiger partial charge in [0.05, 0.1) is 12.7 Å². The number of ether oxygens (including phenoxy) is 3. The zero-order chi connectivity index (χ0) is 15.3. The van der Waals surface area contributed by atoms with Gasteiger partial charge >= 0.3 is 11.9 Å². The van der Waals surface area contributed by atoms with Crippen molar-refractivity contribution in [2.45, 2.75) is 43.5 Å². The molecule has 21 heavy (non-hydrogen) atoms. The number of esters is 2. The van der Waals surface area contributed by atoms with Crippen LogP contribution in [0, 0.1) is 11.8 Å². The Morgan fingerprint density at radius 2 is 2.29 bits per heavy atom. The van der Waals surface area contributed by atoms with E-state index in [2.05, 4.69) is 0 Å². The summed E-state index contributed by atoms with van der Waals surface area (Å²) < 4.78 is 16.0. The van der Waals surface area contributed by atoms with E-state index in [0.29, 0.717) is 12.8 Å². The van der Waals surface area contributed by atoms with Crippen molar-refractivity contribution in [1.29, 1.82) is 0 Å². The van der Waals surface area contributed by atoms with Gasteiger partial charge in [-0.1, -0.05) is 12.2 Å². The molecule has 1 N–H and O–H groups in total. The van der Waals surface area contributed by atoms with Crippen LogP contribution in [-0.2, 0) is 23.8 Å². The van der Waals surface area contributed by atoms with Crippen LogP contribution in [-0.4, -0.2) is 48.1 Å². The summed E-state index contributed by atoms with van der Waals surface area (Å²) in [5.41, 5.74) is -2.64. The van der Waals surface area contributed by atoms with Gasteiger partial charge in [0.2, 0.25) is 0 Å². The number of carbonyl (C=O) groups is 2. The lowest BCUT2D eigenvalue weighted by atomic mass is 9.71. The summed E-state index contributed by atoms with van der Waals surface area (Å²) in [5, 5.41) is 11.2. The van der Waals surface area contributed by atoms with Crippen LogP contribution in [0.5, 0.6) is 0 Å². The van der Waals surface area contributed by atoms with Crippen molar-refractivity contribution >= 4 is 11.9 Å². The van der Waals surface area contributed by atoms with Gasteiger partial charge in [0, 0.05) is 25.9 Å². The summed E-state index contributed by atoms with van der Waals surface area (Å²) in [4.78, 5) is 24.3. The second kappa shape index (κ2) is 4.81. The van der Waals surface area contributed by atoms with Gasteiger partial charge in [0.15, 0.2) is 11.5 Å². The quantitative estimate of drug-likeness (QED) is 0.466. The van der Waals surface area contributed by atoms with E-state index in [9.17, 15) is 14.7 Å². The second-order valence-corrected chi connectivity index (χ2v) is 5.92. The van der Waals surface area contributed by atoms with Gasteiger partial charge in [0.1, 0.15) is 5.60 Å². The molecule has 1 spiro atoms. The maximum atomic E-state index is 12.2. The smallest absolute Gasteiger partial charge is 0.324 e. The molecule has 3 aliphatic rings. The highest BCUT2D eigenvalue weighted by molar-refractivity contribution is 5.99. The Bertz CT molecular complexity index is 500. The minimum Gasteiger partial charge on any atom is -0.465 e. The summed E-state index contributed by atoms with van der Waals surface area (Å²) >= 11 is 0. The lowest BCUT2D eigenvalue weighted by Gasteiger charge is -2.40. The molecule has 6 heteroatoms. The maximum Gasteiger partial charge on any atom is 0.324 e. The SMILES string of the molecule is CCOC(=O)C1C(=O)O[C@]23CC=CC[C@@H]2[C@H](OC)C[C@]13O. The minimum atomic E-state index is -1.56. The zero-order valence-electron chi connectivity index (χ0n) is 12.2. The molecule has 3 rings (SSSR count). The number of allylic oxidation sites excluding steroid dienone is 1. The van der Waals surface area contributed by atoms with E-state index in [0.717, 1.165) is 0 Å². The molecule has 1 aliphatic heterocycles. The highest BCUT2D eigenvalue weighted by Gasteiger charge is 2.76. The highest BCUT2D eigenvalue weighted by Crippen LogP contribution is 2.59. The van der Waals surface area contributed by atoms with Crippen LogP contribution in [0.1, 0.15) is 26.2 Å². The number of hydrogen-bond donors (Lipinski definition) is 1. The van der Waals surface area contributed by atoms with Crippen molar-refractivity contribution in [3.63, 3.8) is 0 Å². The minimum absolute atomic E-state index is 0.138. The molecule has 5 atom stereocenters. The Balaban J connectivity index is 2.03. The van der Waals surface area contributed by atoms with E-state index in [1.807, 2.05) is 12.2 Å². The summed E-state index contributed by atoms with van der Waals surface area (Å²) in [7, 11) is 1.57. The first-order valence-corrected chi connectivity index (χ1v) is 7.30. The van der Waals surface area contributed by atoms with Crippen molar-refractivity contribution in [1.82, 2.24) is 0 Å². The van der Waals surface area contributed by atoms with Gasteiger partial charge in [-0.15, -0.1) is 0 Å². The first kappa shape index (κ1) is 14.5. The Morgan fingerprint density at radius 1 is 1.52 bits per heavy atom. The average molecular weight is 296 g/mol. The van der Waals surface area contributed by atoms with Gasteiger partial charge in [-0.3, -0.25) is 9.59 Å². The highest BCUT2D eigenvalue weighted by atomic mass is 16.6. The Labute approximate surface area is 123 Å². The van der Waals surface area contributed by atoms with Crippen molar-refractivity contribution in [2.24, 2.45) is 11.8 Å². The molecule has 0 amide bonds. The van der Waals surface area contributed by atoms with Crippen LogP contribution in [0.15, 0.2) is 12.2 Å². The predicted octanol–water partition coefficient (Wildman–Crippen LogP) is 0.577. The van der Waals surface area contributed by atoms with Crippen LogP contribution in [0.2, 0.25) is 0 Å². The molecule has 2 fully saturated rings. The third kappa shape index (κ3) is 1.72. The molecule has 1 heterocycles. The Morgan fingerprint density at radius 3 is 2.95 bits per heavy atom. The third-order valence-corrected chi connectivity index (χ3v) is 5.09. The molecule has 0 aromatic rings. The first-order chi connectivity index (χ1) is 10.00. The van der Waals surface area contributed by atoms with Gasteiger partial charge in [-0.2, -0.15) is 0 Å². The number of aliphatic hydroxyl groups is 1. The molecular formula is C15H20O6. The number of rotatable bonds is 3. The summed E-state index contributed by atoms with van der Waals surface area (Å²) in [6.45, 7) is 1.82. The molecule has 0 radical (unpaired) electrons. The Hall–Kier alpha value is -1.40. The van der Waals surface area contributed by atoms with Gasteiger partial charge in [0.25, 0.3) is 0 Å². The summed E-state index contributed by atoms with van der Waals surface area (Å²) in [6.07, 6.45) is 4.90. The van der Waals surface area contributed by atoms with E-state index in [1.165, 1.54) is 0 Å². The standard InChI is InChI=1S/C15H20O6/c1-3-20-12(16)11-13(17)21-15-7-5-4-6-9(15)10(19-2)8-14(11,15)18/h4-5,9-11,18H,3,6-8H2,1-2H3/t9-,10-,11?,14+,15-/m1/s1. The van der Waals surface area contributed by atoms with Gasteiger partial charge in [-0.05, 0) is 13.3 Å². The van der Waals surface area contributed by atoms with Crippen LogP contribution in [0.3, 0.4) is 0 Å². The van der Waals surface area contributed by atoms with Crippen molar-refractivity contribution < 1.29 is 28.9 Å². The number of carbonyl (C=O) groups excluding carboxylic acids is 2. The Kier molecular flexibility index (Phi) is 3.33. The molecule has 0 bridgehead atoms. The molecule has 0 aromatic carbocycles. The van der Waals surface area contributed by atoms with E-state index in [-0.39, 0.29) is 25.0 Å².